The molecular weight excluding hydrogens is 399 g/mol. The molecule has 0 heterocycles. The number of benzene rings is 3. The van der Waals surface area contributed by atoms with E-state index in [9.17, 15) is 26.7 Å². The van der Waals surface area contributed by atoms with Crippen LogP contribution in [0.15, 0.2) is 48.5 Å². The fourth-order valence-corrected chi connectivity index (χ4v) is 3.23. The fraction of sp³-hybridized carbons (Fsp3) is 0.208. The molecule has 0 fully saturated rings. The molecule has 0 aliphatic heterocycles. The third-order valence-electron chi connectivity index (χ3n) is 4.84. The van der Waals surface area contributed by atoms with Gasteiger partial charge in [0.25, 0.3) is 0 Å². The highest BCUT2D eigenvalue weighted by Crippen LogP contribution is 2.26. The first-order chi connectivity index (χ1) is 14.3. The van der Waals surface area contributed by atoms with E-state index in [1.165, 1.54) is 0 Å². The first kappa shape index (κ1) is 21.7. The number of unbranched alkanes of at least 4 members (excludes halogenated alkanes) is 1. The minimum Gasteiger partial charge on any atom is -0.294 e. The van der Waals surface area contributed by atoms with Crippen LogP contribution in [-0.2, 0) is 12.8 Å². The molecule has 0 aliphatic rings. The molecule has 3 rings (SSSR count). The Kier molecular flexibility index (Phi) is 6.65. The van der Waals surface area contributed by atoms with Crippen LogP contribution in [0.4, 0.5) is 22.0 Å². The summed E-state index contributed by atoms with van der Waals surface area (Å²) in [6.45, 7) is 2.09. The molecular formula is C24H19F5O. The van der Waals surface area contributed by atoms with Crippen LogP contribution < -0.4 is 0 Å². The van der Waals surface area contributed by atoms with Crippen LogP contribution in [0.5, 0.6) is 0 Å². The van der Waals surface area contributed by atoms with Crippen LogP contribution in [-0.4, -0.2) is 5.78 Å². The lowest BCUT2D eigenvalue weighted by atomic mass is 9.97. The lowest BCUT2D eigenvalue weighted by Crippen LogP contribution is -2.10. The highest BCUT2D eigenvalue weighted by Gasteiger charge is 2.21. The van der Waals surface area contributed by atoms with Crippen LogP contribution in [0, 0.1) is 29.1 Å². The van der Waals surface area contributed by atoms with E-state index in [4.69, 9.17) is 0 Å². The zero-order valence-corrected chi connectivity index (χ0v) is 16.2. The second-order valence-corrected chi connectivity index (χ2v) is 7.09. The summed E-state index contributed by atoms with van der Waals surface area (Å²) in [6.07, 6.45) is 2.34. The van der Waals surface area contributed by atoms with Crippen LogP contribution in [0.2, 0.25) is 0 Å². The molecule has 3 aromatic carbocycles. The normalized spacial score (nSPS) is 11.0. The molecule has 156 valence electrons. The smallest absolute Gasteiger partial charge is 0.194 e. The molecule has 6 heteroatoms. The summed E-state index contributed by atoms with van der Waals surface area (Å²) < 4.78 is 68.8. The molecule has 0 radical (unpaired) electrons. The number of ketones is 1. The van der Waals surface area contributed by atoms with Crippen molar-refractivity contribution in [3.63, 3.8) is 0 Å². The van der Waals surface area contributed by atoms with Gasteiger partial charge in [-0.25, -0.2) is 22.0 Å². The average Bonchev–Trinajstić information content (AvgIpc) is 2.70. The summed E-state index contributed by atoms with van der Waals surface area (Å²) in [5.41, 5.74) is 0.953. The lowest BCUT2D eigenvalue weighted by Gasteiger charge is -2.09. The number of Topliss-reactive ketones (excluding diaryl/α,β-unsaturated/α-hetero) is 1. The molecule has 0 unspecified atom stereocenters. The first-order valence-electron chi connectivity index (χ1n) is 9.55. The van der Waals surface area contributed by atoms with Crippen molar-refractivity contribution in [3.8, 4) is 11.1 Å². The van der Waals surface area contributed by atoms with E-state index in [2.05, 4.69) is 6.92 Å². The quantitative estimate of drug-likeness (QED) is 0.234. The van der Waals surface area contributed by atoms with Crippen molar-refractivity contribution in [2.45, 2.75) is 32.6 Å². The first-order valence-corrected chi connectivity index (χ1v) is 9.55. The highest BCUT2D eigenvalue weighted by molar-refractivity contribution is 5.98. The van der Waals surface area contributed by atoms with E-state index in [0.717, 1.165) is 37.0 Å². The number of carbonyl (C=O) groups excluding carboxylic acids is 1. The highest BCUT2D eigenvalue weighted by atomic mass is 19.2. The summed E-state index contributed by atoms with van der Waals surface area (Å²) in [5.74, 6) is -7.78. The molecule has 30 heavy (non-hydrogen) atoms. The fourth-order valence-electron chi connectivity index (χ4n) is 3.23. The molecule has 3 aromatic rings. The third-order valence-corrected chi connectivity index (χ3v) is 4.84. The van der Waals surface area contributed by atoms with Crippen LogP contribution in [0.1, 0.15) is 41.3 Å². The Bertz CT molecular complexity index is 1030. The predicted octanol–water partition coefficient (Wildman–Crippen LogP) is 6.82. The molecule has 1 nitrogen and oxygen atoms in total. The topological polar surface area (TPSA) is 17.1 Å². The summed E-state index contributed by atoms with van der Waals surface area (Å²) in [7, 11) is 0. The molecule has 0 N–H and O–H groups in total. The Labute approximate surface area is 171 Å². The molecule has 0 aliphatic carbocycles. The average molecular weight is 418 g/mol. The van der Waals surface area contributed by atoms with Gasteiger partial charge in [-0.2, -0.15) is 0 Å². The van der Waals surface area contributed by atoms with Crippen molar-refractivity contribution in [3.05, 3.63) is 94.3 Å². The molecule has 0 bridgehead atoms. The summed E-state index contributed by atoms with van der Waals surface area (Å²) in [4.78, 5) is 12.3. The number of carbonyl (C=O) groups is 1. The van der Waals surface area contributed by atoms with E-state index in [1.807, 2.05) is 12.1 Å². The van der Waals surface area contributed by atoms with Crippen molar-refractivity contribution >= 4 is 5.78 Å². The van der Waals surface area contributed by atoms with Crippen molar-refractivity contribution in [1.29, 1.82) is 0 Å². The van der Waals surface area contributed by atoms with E-state index in [-0.39, 0.29) is 11.1 Å². The van der Waals surface area contributed by atoms with Gasteiger partial charge in [0.1, 0.15) is 11.6 Å². The minimum absolute atomic E-state index is 0.220. The van der Waals surface area contributed by atoms with E-state index in [1.54, 1.807) is 12.1 Å². The second-order valence-electron chi connectivity index (χ2n) is 7.09. The summed E-state index contributed by atoms with van der Waals surface area (Å²) in [6, 6.07) is 10.6. The minimum atomic E-state index is -1.67. The van der Waals surface area contributed by atoms with E-state index < -0.39 is 46.9 Å². The Hall–Kier alpha value is -3.02. The maximum absolute atomic E-state index is 14.5. The van der Waals surface area contributed by atoms with Gasteiger partial charge in [0.05, 0.1) is 5.56 Å². The summed E-state index contributed by atoms with van der Waals surface area (Å²) in [5, 5.41) is 0. The SMILES string of the molecule is CCCCc1ccc(-c2cc(F)c(C(=O)Cc3cc(F)c(F)c(F)c3)c(F)c2)cc1. The number of halogens is 5. The standard InChI is InChI=1S/C24H19F5O/c1-2-3-4-14-5-7-16(8-6-14)17-12-18(25)23(19(26)13-17)22(30)11-15-9-20(27)24(29)21(28)10-15/h5-10,12-13H,2-4,11H2,1H3. The Balaban J connectivity index is 1.84. The molecule has 0 saturated carbocycles. The van der Waals surface area contributed by atoms with Gasteiger partial charge in [0, 0.05) is 6.42 Å². The Morgan fingerprint density at radius 1 is 0.733 bits per heavy atom. The maximum Gasteiger partial charge on any atom is 0.194 e. The molecule has 0 aromatic heterocycles. The van der Waals surface area contributed by atoms with Gasteiger partial charge in [0.15, 0.2) is 23.2 Å². The molecule has 0 amide bonds. The van der Waals surface area contributed by atoms with Crippen molar-refractivity contribution in [2.75, 3.05) is 0 Å². The van der Waals surface area contributed by atoms with Crippen LogP contribution in [0.25, 0.3) is 11.1 Å². The largest absolute Gasteiger partial charge is 0.294 e. The lowest BCUT2D eigenvalue weighted by molar-refractivity contribution is 0.0985. The number of hydrogen-bond donors (Lipinski definition) is 0. The number of rotatable bonds is 7. The Morgan fingerprint density at radius 3 is 1.83 bits per heavy atom. The van der Waals surface area contributed by atoms with Gasteiger partial charge in [-0.3, -0.25) is 4.79 Å². The molecule has 0 atom stereocenters. The maximum atomic E-state index is 14.5. The van der Waals surface area contributed by atoms with E-state index >= 15 is 0 Å². The van der Waals surface area contributed by atoms with Gasteiger partial charge >= 0.3 is 0 Å². The van der Waals surface area contributed by atoms with Crippen LogP contribution >= 0.6 is 0 Å². The number of hydrogen-bond acceptors (Lipinski definition) is 1. The van der Waals surface area contributed by atoms with Gasteiger partial charge < -0.3 is 0 Å². The van der Waals surface area contributed by atoms with Crippen molar-refractivity contribution < 1.29 is 26.7 Å². The van der Waals surface area contributed by atoms with Crippen LogP contribution in [0.3, 0.4) is 0 Å². The Morgan fingerprint density at radius 2 is 1.30 bits per heavy atom. The molecule has 0 saturated heterocycles. The zero-order valence-electron chi connectivity index (χ0n) is 16.2. The number of aryl methyl sites for hydroxylation is 1. The molecule has 0 spiro atoms. The van der Waals surface area contributed by atoms with Crippen molar-refractivity contribution in [2.24, 2.45) is 0 Å². The predicted molar refractivity (Wildman–Crippen MR) is 105 cm³/mol. The van der Waals surface area contributed by atoms with Gasteiger partial charge in [-0.1, -0.05) is 37.6 Å². The second kappa shape index (κ2) is 9.20. The third kappa shape index (κ3) is 4.75. The monoisotopic (exact) mass is 418 g/mol. The zero-order chi connectivity index (χ0) is 21.8. The van der Waals surface area contributed by atoms with Gasteiger partial charge in [0.2, 0.25) is 0 Å². The summed E-state index contributed by atoms with van der Waals surface area (Å²) >= 11 is 0. The van der Waals surface area contributed by atoms with E-state index in [0.29, 0.717) is 17.7 Å². The van der Waals surface area contributed by atoms with Crippen molar-refractivity contribution in [1.82, 2.24) is 0 Å². The van der Waals surface area contributed by atoms with Gasteiger partial charge in [-0.05, 0) is 59.4 Å². The van der Waals surface area contributed by atoms with Gasteiger partial charge in [-0.15, -0.1) is 0 Å².